The van der Waals surface area contributed by atoms with E-state index < -0.39 is 10.0 Å². The third-order valence-corrected chi connectivity index (χ3v) is 7.83. The quantitative estimate of drug-likeness (QED) is 0.612. The molecule has 1 saturated carbocycles. The van der Waals surface area contributed by atoms with E-state index in [1.165, 1.54) is 15.6 Å². The summed E-state index contributed by atoms with van der Waals surface area (Å²) in [6, 6.07) is 5.30. The lowest BCUT2D eigenvalue weighted by atomic mass is 10.3. The standard InChI is InChI=1S/C16H19N5O3S2/c1-3-21(10-14-18-16(24-19-14)11-4-5-11)26(22,23)15-7-6-13(25-15)12-8-9-17-20(12)2/h6-9,11H,3-5,10H2,1-2H3. The first-order chi connectivity index (χ1) is 12.5. The molecule has 3 aromatic heterocycles. The van der Waals surface area contributed by atoms with Crippen molar-refractivity contribution in [3.63, 3.8) is 0 Å². The summed E-state index contributed by atoms with van der Waals surface area (Å²) in [6.45, 7) is 2.23. The van der Waals surface area contributed by atoms with Crippen LogP contribution in [-0.2, 0) is 23.6 Å². The van der Waals surface area contributed by atoms with Gasteiger partial charge in [-0.15, -0.1) is 11.3 Å². The largest absolute Gasteiger partial charge is 0.339 e. The Kier molecular flexibility index (Phi) is 4.41. The third kappa shape index (κ3) is 3.19. The second-order valence-corrected chi connectivity index (χ2v) is 9.46. The lowest BCUT2D eigenvalue weighted by Crippen LogP contribution is -2.30. The normalized spacial score (nSPS) is 15.0. The summed E-state index contributed by atoms with van der Waals surface area (Å²) in [5.41, 5.74) is 0.881. The van der Waals surface area contributed by atoms with Gasteiger partial charge in [0.05, 0.1) is 17.1 Å². The zero-order valence-corrected chi connectivity index (χ0v) is 16.1. The summed E-state index contributed by atoms with van der Waals surface area (Å²) in [6.07, 6.45) is 3.81. The number of aromatic nitrogens is 4. The maximum atomic E-state index is 13.0. The lowest BCUT2D eigenvalue weighted by molar-refractivity contribution is 0.360. The van der Waals surface area contributed by atoms with Gasteiger partial charge in [-0.25, -0.2) is 8.42 Å². The molecule has 3 heterocycles. The molecule has 0 aliphatic heterocycles. The highest BCUT2D eigenvalue weighted by Crippen LogP contribution is 2.39. The van der Waals surface area contributed by atoms with Crippen LogP contribution in [-0.4, -0.2) is 39.2 Å². The second kappa shape index (κ2) is 6.60. The first kappa shape index (κ1) is 17.4. The number of thiophene rings is 1. The lowest BCUT2D eigenvalue weighted by Gasteiger charge is -2.17. The highest BCUT2D eigenvalue weighted by atomic mass is 32.2. The predicted molar refractivity (Wildman–Crippen MR) is 96.1 cm³/mol. The van der Waals surface area contributed by atoms with Gasteiger partial charge in [0, 0.05) is 25.7 Å². The average Bonchev–Trinajstić information content (AvgIpc) is 3.02. The number of hydrogen-bond acceptors (Lipinski definition) is 7. The van der Waals surface area contributed by atoms with E-state index in [2.05, 4.69) is 15.2 Å². The van der Waals surface area contributed by atoms with E-state index in [0.29, 0.717) is 28.4 Å². The van der Waals surface area contributed by atoms with Crippen molar-refractivity contribution in [3.8, 4) is 10.6 Å². The van der Waals surface area contributed by atoms with Crippen molar-refractivity contribution >= 4 is 21.4 Å². The minimum Gasteiger partial charge on any atom is -0.339 e. The Morgan fingerprint density at radius 1 is 1.35 bits per heavy atom. The van der Waals surface area contributed by atoms with Gasteiger partial charge in [-0.05, 0) is 31.0 Å². The fourth-order valence-electron chi connectivity index (χ4n) is 2.69. The molecule has 1 fully saturated rings. The molecule has 0 unspecified atom stereocenters. The predicted octanol–water partition coefficient (Wildman–Crippen LogP) is 2.62. The van der Waals surface area contributed by atoms with E-state index in [1.807, 2.05) is 19.2 Å². The van der Waals surface area contributed by atoms with Crippen LogP contribution in [0.1, 0.15) is 37.4 Å². The molecule has 0 amide bonds. The minimum atomic E-state index is -3.63. The van der Waals surface area contributed by atoms with Gasteiger partial charge < -0.3 is 4.52 Å². The summed E-state index contributed by atoms with van der Waals surface area (Å²) in [5, 5.41) is 8.06. The van der Waals surface area contributed by atoms with Crippen molar-refractivity contribution in [2.24, 2.45) is 7.05 Å². The maximum Gasteiger partial charge on any atom is 0.252 e. The van der Waals surface area contributed by atoms with Gasteiger partial charge in [0.15, 0.2) is 5.82 Å². The van der Waals surface area contributed by atoms with Gasteiger partial charge >= 0.3 is 0 Å². The van der Waals surface area contributed by atoms with Gasteiger partial charge in [0.25, 0.3) is 10.0 Å². The van der Waals surface area contributed by atoms with E-state index in [4.69, 9.17) is 4.52 Å². The number of nitrogens with zero attached hydrogens (tertiary/aromatic N) is 5. The SMILES string of the molecule is CCN(Cc1noc(C2CC2)n1)S(=O)(=O)c1ccc(-c2ccnn2C)s1. The molecule has 1 aliphatic rings. The van der Waals surface area contributed by atoms with Crippen LogP contribution in [0.2, 0.25) is 0 Å². The number of aryl methyl sites for hydroxylation is 1. The van der Waals surface area contributed by atoms with Crippen LogP contribution < -0.4 is 0 Å². The monoisotopic (exact) mass is 393 g/mol. The topological polar surface area (TPSA) is 94.1 Å². The molecule has 8 nitrogen and oxygen atoms in total. The molecule has 1 aliphatic carbocycles. The van der Waals surface area contributed by atoms with Crippen molar-refractivity contribution in [2.45, 2.75) is 36.4 Å². The van der Waals surface area contributed by atoms with Crippen LogP contribution in [0.4, 0.5) is 0 Å². The fourth-order valence-corrected chi connectivity index (χ4v) is 5.61. The molecule has 138 valence electrons. The highest BCUT2D eigenvalue weighted by Gasteiger charge is 2.31. The van der Waals surface area contributed by atoms with Crippen molar-refractivity contribution in [1.29, 1.82) is 0 Å². The van der Waals surface area contributed by atoms with Crippen molar-refractivity contribution in [3.05, 3.63) is 36.1 Å². The molecule has 0 bridgehead atoms. The van der Waals surface area contributed by atoms with Gasteiger partial charge in [-0.1, -0.05) is 12.1 Å². The number of rotatable bonds is 7. The van der Waals surface area contributed by atoms with Crippen LogP contribution in [0.3, 0.4) is 0 Å². The summed E-state index contributed by atoms with van der Waals surface area (Å²) in [7, 11) is -1.80. The van der Waals surface area contributed by atoms with Crippen LogP contribution in [0.25, 0.3) is 10.6 Å². The van der Waals surface area contributed by atoms with Crippen molar-refractivity contribution < 1.29 is 12.9 Å². The Labute approximate surface area is 155 Å². The molecule has 0 spiro atoms. The molecule has 0 atom stereocenters. The van der Waals surface area contributed by atoms with E-state index in [9.17, 15) is 8.42 Å². The molecule has 0 aromatic carbocycles. The van der Waals surface area contributed by atoms with Crippen LogP contribution >= 0.6 is 11.3 Å². The van der Waals surface area contributed by atoms with Gasteiger partial charge in [-0.2, -0.15) is 14.4 Å². The molecular weight excluding hydrogens is 374 g/mol. The van der Waals surface area contributed by atoms with Crippen LogP contribution in [0.5, 0.6) is 0 Å². The summed E-state index contributed by atoms with van der Waals surface area (Å²) < 4.78 is 34.6. The Morgan fingerprint density at radius 3 is 2.81 bits per heavy atom. The van der Waals surface area contributed by atoms with E-state index in [0.717, 1.165) is 23.4 Å². The fraction of sp³-hybridized carbons (Fsp3) is 0.438. The van der Waals surface area contributed by atoms with Gasteiger partial charge in [0.1, 0.15) is 4.21 Å². The Hall–Kier alpha value is -2.04. The first-order valence-corrected chi connectivity index (χ1v) is 10.7. The van der Waals surface area contributed by atoms with E-state index >= 15 is 0 Å². The van der Waals surface area contributed by atoms with Gasteiger partial charge in [-0.3, -0.25) is 4.68 Å². The summed E-state index contributed by atoms with van der Waals surface area (Å²) in [4.78, 5) is 5.19. The van der Waals surface area contributed by atoms with Crippen LogP contribution in [0.15, 0.2) is 33.1 Å². The maximum absolute atomic E-state index is 13.0. The average molecular weight is 393 g/mol. The van der Waals surface area contributed by atoms with E-state index in [1.54, 1.807) is 23.9 Å². The Balaban J connectivity index is 1.57. The van der Waals surface area contributed by atoms with Crippen LogP contribution in [0, 0.1) is 0 Å². The smallest absolute Gasteiger partial charge is 0.252 e. The molecular formula is C16H19N5O3S2. The number of sulfonamides is 1. The molecule has 0 saturated heterocycles. The third-order valence-electron chi connectivity index (χ3n) is 4.33. The molecule has 10 heteroatoms. The second-order valence-electron chi connectivity index (χ2n) is 6.21. The van der Waals surface area contributed by atoms with Gasteiger partial charge in [0.2, 0.25) is 5.89 Å². The zero-order chi connectivity index (χ0) is 18.3. The molecule has 0 radical (unpaired) electrons. The Bertz CT molecular complexity index is 1020. The van der Waals surface area contributed by atoms with E-state index in [-0.39, 0.29) is 6.54 Å². The molecule has 26 heavy (non-hydrogen) atoms. The number of hydrogen-bond donors (Lipinski definition) is 0. The molecule has 4 rings (SSSR count). The van der Waals surface area contributed by atoms with Crippen molar-refractivity contribution in [2.75, 3.05) is 6.54 Å². The Morgan fingerprint density at radius 2 is 2.15 bits per heavy atom. The highest BCUT2D eigenvalue weighted by molar-refractivity contribution is 7.91. The van der Waals surface area contributed by atoms with Crippen molar-refractivity contribution in [1.82, 2.24) is 24.2 Å². The first-order valence-electron chi connectivity index (χ1n) is 8.40. The molecule has 3 aromatic rings. The molecule has 0 N–H and O–H groups in total. The minimum absolute atomic E-state index is 0.105. The summed E-state index contributed by atoms with van der Waals surface area (Å²) in [5.74, 6) is 1.37. The summed E-state index contributed by atoms with van der Waals surface area (Å²) >= 11 is 1.23. The zero-order valence-electron chi connectivity index (χ0n) is 14.5.